The fourth-order valence-electron chi connectivity index (χ4n) is 5.61. The van der Waals surface area contributed by atoms with Gasteiger partial charge in [0.25, 0.3) is 0 Å². The first-order valence-corrected chi connectivity index (χ1v) is 13.7. The first-order valence-electron chi connectivity index (χ1n) is 13.7. The highest BCUT2D eigenvalue weighted by Crippen LogP contribution is 2.41. The van der Waals surface area contributed by atoms with Gasteiger partial charge < -0.3 is 4.90 Å². The highest BCUT2D eigenvalue weighted by Gasteiger charge is 2.17. The average molecular weight is 500 g/mol. The van der Waals surface area contributed by atoms with Crippen LogP contribution in [0.5, 0.6) is 0 Å². The summed E-state index contributed by atoms with van der Waals surface area (Å²) in [5, 5.41) is 4.96. The van der Waals surface area contributed by atoms with Gasteiger partial charge in [0.1, 0.15) is 0 Å². The van der Waals surface area contributed by atoms with Gasteiger partial charge in [-0.15, -0.1) is 0 Å². The first-order chi connectivity index (χ1) is 19.3. The molecule has 0 unspecified atom stereocenters. The number of benzene rings is 6. The molecular formula is C38H29N. The molecule has 6 aromatic rings. The van der Waals surface area contributed by atoms with Crippen LogP contribution in [-0.4, -0.2) is 0 Å². The molecule has 6 aromatic carbocycles. The van der Waals surface area contributed by atoms with Crippen molar-refractivity contribution in [2.75, 3.05) is 4.90 Å². The van der Waals surface area contributed by atoms with Crippen molar-refractivity contribution in [2.45, 2.75) is 12.8 Å². The van der Waals surface area contributed by atoms with Gasteiger partial charge in [-0.1, -0.05) is 109 Å². The van der Waals surface area contributed by atoms with Crippen LogP contribution >= 0.6 is 0 Å². The Hall–Kier alpha value is -4.88. The zero-order chi connectivity index (χ0) is 26.0. The Balaban J connectivity index is 1.48. The summed E-state index contributed by atoms with van der Waals surface area (Å²) < 4.78 is 0. The van der Waals surface area contributed by atoms with Crippen molar-refractivity contribution in [1.29, 1.82) is 0 Å². The summed E-state index contributed by atoms with van der Waals surface area (Å²) in [5.74, 6) is 0. The predicted molar refractivity (Wildman–Crippen MR) is 168 cm³/mol. The van der Waals surface area contributed by atoms with Crippen molar-refractivity contribution >= 4 is 44.2 Å². The number of hydrogen-bond donors (Lipinski definition) is 0. The standard InChI is InChI=1S/C38H29N/c1-3-11-28(12-4-1)34-23-35(29-13-5-2-6-14-29)27-38(26-34)39(36-21-19-30-15-7-9-17-32(30)24-36)37-22-20-31-16-8-10-18-33(31)25-37/h1,3-5,7-27H,2,6H2. The summed E-state index contributed by atoms with van der Waals surface area (Å²) in [7, 11) is 0. The molecule has 186 valence electrons. The minimum Gasteiger partial charge on any atom is -0.310 e. The zero-order valence-corrected chi connectivity index (χ0v) is 21.8. The lowest BCUT2D eigenvalue weighted by Gasteiger charge is -2.28. The molecule has 0 aromatic heterocycles. The number of anilines is 3. The monoisotopic (exact) mass is 499 g/mol. The summed E-state index contributed by atoms with van der Waals surface area (Å²) in [6, 6.07) is 48.4. The van der Waals surface area contributed by atoms with Gasteiger partial charge in [-0.05, 0) is 99.1 Å². The third-order valence-electron chi connectivity index (χ3n) is 7.59. The van der Waals surface area contributed by atoms with Crippen LogP contribution in [0, 0.1) is 0 Å². The summed E-state index contributed by atoms with van der Waals surface area (Å²) in [6.45, 7) is 0. The van der Waals surface area contributed by atoms with Crippen LogP contribution in [-0.2, 0) is 0 Å². The Morgan fingerprint density at radius 3 is 1.62 bits per heavy atom. The number of allylic oxidation sites excluding steroid dienone is 4. The van der Waals surface area contributed by atoms with E-state index in [1.165, 1.54) is 43.8 Å². The maximum absolute atomic E-state index is 2.40. The second-order valence-corrected chi connectivity index (χ2v) is 10.2. The highest BCUT2D eigenvalue weighted by molar-refractivity contribution is 5.94. The minimum absolute atomic E-state index is 1.08. The van der Waals surface area contributed by atoms with Gasteiger partial charge >= 0.3 is 0 Å². The predicted octanol–water partition coefficient (Wildman–Crippen LogP) is 10.9. The second kappa shape index (κ2) is 10.1. The zero-order valence-electron chi connectivity index (χ0n) is 21.8. The van der Waals surface area contributed by atoms with Gasteiger partial charge in [0.15, 0.2) is 0 Å². The van der Waals surface area contributed by atoms with Crippen LogP contribution in [0.25, 0.3) is 38.2 Å². The van der Waals surface area contributed by atoms with Crippen molar-refractivity contribution in [3.05, 3.63) is 157 Å². The Kier molecular flexibility index (Phi) is 6.03. The molecule has 0 fully saturated rings. The van der Waals surface area contributed by atoms with E-state index in [2.05, 4.69) is 157 Å². The smallest absolute Gasteiger partial charge is 0.0473 e. The number of hydrogen-bond acceptors (Lipinski definition) is 1. The Labute approximate surface area is 230 Å². The van der Waals surface area contributed by atoms with Crippen LogP contribution in [0.15, 0.2) is 152 Å². The molecule has 0 aliphatic heterocycles. The number of fused-ring (bicyclic) bond motifs is 2. The second-order valence-electron chi connectivity index (χ2n) is 10.2. The van der Waals surface area contributed by atoms with Crippen molar-refractivity contribution in [3.63, 3.8) is 0 Å². The van der Waals surface area contributed by atoms with Gasteiger partial charge in [0.2, 0.25) is 0 Å². The van der Waals surface area contributed by atoms with E-state index in [4.69, 9.17) is 0 Å². The first kappa shape index (κ1) is 23.3. The van der Waals surface area contributed by atoms with E-state index in [0.717, 1.165) is 29.9 Å². The van der Waals surface area contributed by atoms with E-state index >= 15 is 0 Å². The van der Waals surface area contributed by atoms with E-state index < -0.39 is 0 Å². The largest absolute Gasteiger partial charge is 0.310 e. The molecule has 0 bridgehead atoms. The Morgan fingerprint density at radius 2 is 1.00 bits per heavy atom. The lowest BCUT2D eigenvalue weighted by atomic mass is 9.94. The fraction of sp³-hybridized carbons (Fsp3) is 0.0526. The third-order valence-corrected chi connectivity index (χ3v) is 7.59. The van der Waals surface area contributed by atoms with E-state index in [9.17, 15) is 0 Å². The van der Waals surface area contributed by atoms with Gasteiger partial charge in [-0.3, -0.25) is 0 Å². The van der Waals surface area contributed by atoms with Gasteiger partial charge in [-0.25, -0.2) is 0 Å². The maximum atomic E-state index is 2.40. The summed E-state index contributed by atoms with van der Waals surface area (Å²) in [6.07, 6.45) is 9.11. The topological polar surface area (TPSA) is 3.24 Å². The van der Waals surface area contributed by atoms with Crippen LogP contribution in [0.2, 0.25) is 0 Å². The van der Waals surface area contributed by atoms with Crippen LogP contribution < -0.4 is 4.90 Å². The molecular weight excluding hydrogens is 470 g/mol. The van der Waals surface area contributed by atoms with Crippen LogP contribution in [0.1, 0.15) is 18.4 Å². The van der Waals surface area contributed by atoms with E-state index in [0.29, 0.717) is 0 Å². The van der Waals surface area contributed by atoms with E-state index in [-0.39, 0.29) is 0 Å². The molecule has 1 aliphatic rings. The van der Waals surface area contributed by atoms with Crippen molar-refractivity contribution in [1.82, 2.24) is 0 Å². The lowest BCUT2D eigenvalue weighted by Crippen LogP contribution is -2.10. The molecule has 1 aliphatic carbocycles. The number of nitrogens with zero attached hydrogens (tertiary/aromatic N) is 1. The molecule has 0 atom stereocenters. The summed E-state index contributed by atoms with van der Waals surface area (Å²) in [4.78, 5) is 2.40. The molecule has 0 saturated heterocycles. The van der Waals surface area contributed by atoms with Gasteiger partial charge in [-0.2, -0.15) is 0 Å². The SMILES string of the molecule is C1=CC(c2cc(-c3ccccc3)cc(N(c3ccc4ccccc4c3)c3ccc4ccccc4c3)c2)=CCC1. The normalized spacial score (nSPS) is 13.0. The lowest BCUT2D eigenvalue weighted by molar-refractivity contribution is 1.04. The minimum atomic E-state index is 1.08. The third kappa shape index (κ3) is 4.64. The Bertz CT molecular complexity index is 1780. The molecule has 0 amide bonds. The van der Waals surface area contributed by atoms with E-state index in [1.54, 1.807) is 0 Å². The molecule has 0 radical (unpaired) electrons. The van der Waals surface area contributed by atoms with Crippen molar-refractivity contribution in [3.8, 4) is 11.1 Å². The fourth-order valence-corrected chi connectivity index (χ4v) is 5.61. The van der Waals surface area contributed by atoms with Crippen molar-refractivity contribution in [2.24, 2.45) is 0 Å². The van der Waals surface area contributed by atoms with Crippen molar-refractivity contribution < 1.29 is 0 Å². The quantitative estimate of drug-likeness (QED) is 0.228. The van der Waals surface area contributed by atoms with E-state index in [1.807, 2.05) is 0 Å². The summed E-state index contributed by atoms with van der Waals surface area (Å²) >= 11 is 0. The average Bonchev–Trinajstić information content (AvgIpc) is 3.02. The Morgan fingerprint density at radius 1 is 0.410 bits per heavy atom. The van der Waals surface area contributed by atoms with Gasteiger partial charge in [0.05, 0.1) is 0 Å². The molecule has 0 heterocycles. The molecule has 0 N–H and O–H groups in total. The molecule has 7 rings (SSSR count). The maximum Gasteiger partial charge on any atom is 0.0473 e. The molecule has 0 spiro atoms. The molecule has 39 heavy (non-hydrogen) atoms. The molecule has 1 heteroatoms. The van der Waals surface area contributed by atoms with Crippen LogP contribution in [0.3, 0.4) is 0 Å². The van der Waals surface area contributed by atoms with Crippen LogP contribution in [0.4, 0.5) is 17.1 Å². The molecule has 1 nitrogen and oxygen atoms in total. The molecule has 0 saturated carbocycles. The van der Waals surface area contributed by atoms with Gasteiger partial charge in [0, 0.05) is 17.1 Å². The highest BCUT2D eigenvalue weighted by atomic mass is 15.1. The number of rotatable bonds is 5. The summed E-state index contributed by atoms with van der Waals surface area (Å²) in [5.41, 5.74) is 8.41.